The number of halogens is 1. The average molecular weight is 296 g/mol. The summed E-state index contributed by atoms with van der Waals surface area (Å²) in [5, 5.41) is 3.79. The molecular weight excluding hydrogens is 274 g/mol. The number of hydrogen-bond acceptors (Lipinski definition) is 3. The van der Waals surface area contributed by atoms with Gasteiger partial charge in [0, 0.05) is 19.5 Å². The molecule has 0 radical (unpaired) electrons. The van der Waals surface area contributed by atoms with E-state index in [4.69, 9.17) is 11.6 Å². The molecule has 1 aliphatic heterocycles. The Bertz CT molecular complexity index is 478. The molecule has 1 aromatic heterocycles. The molecule has 0 aliphatic carbocycles. The second-order valence-electron chi connectivity index (χ2n) is 5.40. The van der Waals surface area contributed by atoms with Crippen LogP contribution in [0.5, 0.6) is 0 Å². The fraction of sp³-hybridized carbons (Fsp3) is 0.600. The molecule has 0 spiro atoms. The van der Waals surface area contributed by atoms with Gasteiger partial charge in [-0.15, -0.1) is 0 Å². The summed E-state index contributed by atoms with van der Waals surface area (Å²) < 4.78 is 0. The first-order valence-corrected chi connectivity index (χ1v) is 7.65. The van der Waals surface area contributed by atoms with Crippen molar-refractivity contribution in [1.82, 2.24) is 9.88 Å². The topological polar surface area (TPSA) is 45.2 Å². The Hall–Kier alpha value is -1.29. The van der Waals surface area contributed by atoms with E-state index in [2.05, 4.69) is 17.2 Å². The third-order valence-corrected chi connectivity index (χ3v) is 4.06. The van der Waals surface area contributed by atoms with Gasteiger partial charge in [0.1, 0.15) is 5.82 Å². The minimum Gasteiger partial charge on any atom is -0.370 e. The number of nitrogens with one attached hydrogen (secondary N) is 1. The van der Waals surface area contributed by atoms with Gasteiger partial charge in [0.15, 0.2) is 0 Å². The predicted octanol–water partition coefficient (Wildman–Crippen LogP) is 3.32. The van der Waals surface area contributed by atoms with Crippen molar-refractivity contribution >= 4 is 23.3 Å². The fourth-order valence-electron chi connectivity index (χ4n) is 2.40. The molecule has 0 saturated carbocycles. The maximum absolute atomic E-state index is 12.1. The minimum atomic E-state index is 0.209. The smallest absolute Gasteiger partial charge is 0.222 e. The molecular formula is C15H22ClN3O. The number of rotatable bonds is 4. The second kappa shape index (κ2) is 6.93. The van der Waals surface area contributed by atoms with Crippen LogP contribution in [0, 0.1) is 5.92 Å². The summed E-state index contributed by atoms with van der Waals surface area (Å²) in [5.41, 5.74) is 0.771. The first kappa shape index (κ1) is 15.1. The Morgan fingerprint density at radius 1 is 1.45 bits per heavy atom. The molecule has 1 fully saturated rings. The molecule has 0 aromatic carbocycles. The summed E-state index contributed by atoms with van der Waals surface area (Å²) in [4.78, 5) is 18.5. The Morgan fingerprint density at radius 3 is 3.00 bits per heavy atom. The van der Waals surface area contributed by atoms with Gasteiger partial charge in [-0.3, -0.25) is 4.79 Å². The lowest BCUT2D eigenvalue weighted by Gasteiger charge is -2.21. The second-order valence-corrected chi connectivity index (χ2v) is 5.81. The summed E-state index contributed by atoms with van der Waals surface area (Å²) >= 11 is 6.20. The van der Waals surface area contributed by atoms with Crippen LogP contribution in [-0.2, 0) is 11.3 Å². The highest BCUT2D eigenvalue weighted by molar-refractivity contribution is 6.31. The zero-order valence-electron chi connectivity index (χ0n) is 12.2. The van der Waals surface area contributed by atoms with Crippen molar-refractivity contribution < 1.29 is 4.79 Å². The van der Waals surface area contributed by atoms with Gasteiger partial charge in [-0.05, 0) is 37.8 Å². The zero-order chi connectivity index (χ0) is 14.5. The molecule has 1 atom stereocenters. The molecule has 1 unspecified atom stereocenters. The van der Waals surface area contributed by atoms with E-state index in [1.54, 1.807) is 0 Å². The van der Waals surface area contributed by atoms with Crippen LogP contribution in [0.25, 0.3) is 0 Å². The number of anilines is 1. The van der Waals surface area contributed by atoms with E-state index in [0.29, 0.717) is 23.9 Å². The maximum atomic E-state index is 12.1. The van der Waals surface area contributed by atoms with Crippen molar-refractivity contribution in [2.45, 2.75) is 39.7 Å². The van der Waals surface area contributed by atoms with Gasteiger partial charge >= 0.3 is 0 Å². The molecule has 2 heterocycles. The van der Waals surface area contributed by atoms with Crippen molar-refractivity contribution in [3.8, 4) is 0 Å². The highest BCUT2D eigenvalue weighted by Crippen LogP contribution is 2.22. The lowest BCUT2D eigenvalue weighted by Crippen LogP contribution is -2.30. The molecule has 1 amide bonds. The van der Waals surface area contributed by atoms with Gasteiger partial charge < -0.3 is 10.2 Å². The standard InChI is InChI=1S/C15H22ClN3O/c1-3-17-14-6-5-12(16)13(18-14)10-19-9-8-11(2)4-7-15(19)20/h5-6,11H,3-4,7-10H2,1-2H3,(H,17,18). The normalized spacial score (nSPS) is 19.9. The van der Waals surface area contributed by atoms with Gasteiger partial charge in [0.05, 0.1) is 17.3 Å². The highest BCUT2D eigenvalue weighted by atomic mass is 35.5. The lowest BCUT2D eigenvalue weighted by atomic mass is 10.0. The van der Waals surface area contributed by atoms with Gasteiger partial charge in [-0.25, -0.2) is 4.98 Å². The van der Waals surface area contributed by atoms with Crippen molar-refractivity contribution in [2.75, 3.05) is 18.4 Å². The van der Waals surface area contributed by atoms with E-state index < -0.39 is 0 Å². The summed E-state index contributed by atoms with van der Waals surface area (Å²) in [5.74, 6) is 1.63. The number of pyridine rings is 1. The summed E-state index contributed by atoms with van der Waals surface area (Å²) in [6.07, 6.45) is 2.66. The summed E-state index contributed by atoms with van der Waals surface area (Å²) in [7, 11) is 0. The number of aromatic nitrogens is 1. The molecule has 2 rings (SSSR count). The third-order valence-electron chi connectivity index (χ3n) is 3.71. The largest absolute Gasteiger partial charge is 0.370 e. The van der Waals surface area contributed by atoms with Crippen LogP contribution >= 0.6 is 11.6 Å². The molecule has 5 heteroatoms. The van der Waals surface area contributed by atoms with E-state index in [1.807, 2.05) is 24.0 Å². The maximum Gasteiger partial charge on any atom is 0.222 e. The molecule has 1 aliphatic rings. The monoisotopic (exact) mass is 295 g/mol. The third kappa shape index (κ3) is 3.85. The Labute approximate surface area is 125 Å². The molecule has 0 bridgehead atoms. The number of carbonyl (C=O) groups excluding carboxylic acids is 1. The Morgan fingerprint density at radius 2 is 2.25 bits per heavy atom. The van der Waals surface area contributed by atoms with Crippen LogP contribution < -0.4 is 5.32 Å². The van der Waals surface area contributed by atoms with Crippen LogP contribution in [0.1, 0.15) is 38.8 Å². The SMILES string of the molecule is CCNc1ccc(Cl)c(CN2CCC(C)CCC2=O)n1. The van der Waals surface area contributed by atoms with E-state index in [1.165, 1.54) is 0 Å². The van der Waals surface area contributed by atoms with Crippen molar-refractivity contribution in [3.63, 3.8) is 0 Å². The first-order chi connectivity index (χ1) is 9.60. The Kier molecular flexibility index (Phi) is 5.24. The summed E-state index contributed by atoms with van der Waals surface area (Å²) in [6.45, 7) is 6.34. The van der Waals surface area contributed by atoms with Crippen LogP contribution in [0.3, 0.4) is 0 Å². The van der Waals surface area contributed by atoms with Crippen LogP contribution in [0.2, 0.25) is 5.02 Å². The molecule has 1 saturated heterocycles. The van der Waals surface area contributed by atoms with E-state index in [0.717, 1.165) is 37.4 Å². The van der Waals surface area contributed by atoms with Crippen molar-refractivity contribution in [1.29, 1.82) is 0 Å². The van der Waals surface area contributed by atoms with Gasteiger partial charge in [-0.2, -0.15) is 0 Å². The van der Waals surface area contributed by atoms with Gasteiger partial charge in [-0.1, -0.05) is 18.5 Å². The van der Waals surface area contributed by atoms with Crippen LogP contribution in [-0.4, -0.2) is 28.9 Å². The number of hydrogen-bond donors (Lipinski definition) is 1. The number of carbonyl (C=O) groups is 1. The highest BCUT2D eigenvalue weighted by Gasteiger charge is 2.21. The van der Waals surface area contributed by atoms with Crippen LogP contribution in [0.15, 0.2) is 12.1 Å². The fourth-order valence-corrected chi connectivity index (χ4v) is 2.56. The summed E-state index contributed by atoms with van der Waals surface area (Å²) in [6, 6.07) is 3.70. The van der Waals surface area contributed by atoms with E-state index in [9.17, 15) is 4.79 Å². The predicted molar refractivity (Wildman–Crippen MR) is 81.8 cm³/mol. The zero-order valence-corrected chi connectivity index (χ0v) is 12.9. The lowest BCUT2D eigenvalue weighted by molar-refractivity contribution is -0.131. The van der Waals surface area contributed by atoms with Crippen molar-refractivity contribution in [2.24, 2.45) is 5.92 Å². The quantitative estimate of drug-likeness (QED) is 0.927. The molecule has 4 nitrogen and oxygen atoms in total. The van der Waals surface area contributed by atoms with Crippen molar-refractivity contribution in [3.05, 3.63) is 22.8 Å². The van der Waals surface area contributed by atoms with Gasteiger partial charge in [0.2, 0.25) is 5.91 Å². The Balaban J connectivity index is 2.11. The van der Waals surface area contributed by atoms with E-state index in [-0.39, 0.29) is 5.91 Å². The molecule has 1 aromatic rings. The number of amides is 1. The number of nitrogens with zero attached hydrogens (tertiary/aromatic N) is 2. The van der Waals surface area contributed by atoms with E-state index >= 15 is 0 Å². The first-order valence-electron chi connectivity index (χ1n) is 7.27. The average Bonchev–Trinajstić information content (AvgIpc) is 2.58. The van der Waals surface area contributed by atoms with Crippen LogP contribution in [0.4, 0.5) is 5.82 Å². The number of likely N-dealkylation sites (tertiary alicyclic amines) is 1. The molecule has 110 valence electrons. The minimum absolute atomic E-state index is 0.209. The molecule has 1 N–H and O–H groups in total. The molecule has 20 heavy (non-hydrogen) atoms. The van der Waals surface area contributed by atoms with Gasteiger partial charge in [0.25, 0.3) is 0 Å².